The average Bonchev–Trinajstić information content (AvgIpc) is 3.08. The summed E-state index contributed by atoms with van der Waals surface area (Å²) in [6.07, 6.45) is 1.14. The third-order valence-corrected chi connectivity index (χ3v) is 7.52. The van der Waals surface area contributed by atoms with Gasteiger partial charge in [0.25, 0.3) is 5.91 Å². The number of thioether (sulfide) groups is 1. The number of benzene rings is 2. The Hall–Kier alpha value is -3.06. The van der Waals surface area contributed by atoms with E-state index in [1.54, 1.807) is 12.1 Å². The highest BCUT2D eigenvalue weighted by molar-refractivity contribution is 7.98. The van der Waals surface area contributed by atoms with Crippen LogP contribution in [0.25, 0.3) is 0 Å². The number of para-hydroxylation sites is 1. The topological polar surface area (TPSA) is 134 Å². The monoisotopic (exact) mass is 573 g/mol. The lowest BCUT2D eigenvalue weighted by atomic mass is 9.97. The molecule has 3 amide bonds. The largest absolute Gasteiger partial charge is 0.467 e. The second kappa shape index (κ2) is 14.4. The van der Waals surface area contributed by atoms with Gasteiger partial charge in [-0.15, -0.1) is 0 Å². The summed E-state index contributed by atoms with van der Waals surface area (Å²) < 4.78 is 4.85. The molecule has 1 aliphatic heterocycles. The van der Waals surface area contributed by atoms with Gasteiger partial charge in [0, 0.05) is 18.5 Å². The zero-order chi connectivity index (χ0) is 28.5. The number of nitrogens with two attached hydrogens (primary N) is 1. The molecule has 4 N–H and O–H groups in total. The van der Waals surface area contributed by atoms with Crippen LogP contribution in [0.2, 0.25) is 0 Å². The molecule has 0 aromatic heterocycles. The summed E-state index contributed by atoms with van der Waals surface area (Å²) >= 11 is 5.67. The Labute approximate surface area is 238 Å². The summed E-state index contributed by atoms with van der Waals surface area (Å²) in [5.41, 5.74) is 8.09. The minimum atomic E-state index is -1.14. The summed E-state index contributed by atoms with van der Waals surface area (Å²) in [6, 6.07) is 14.5. The van der Waals surface area contributed by atoms with E-state index in [0.717, 1.165) is 11.1 Å². The van der Waals surface area contributed by atoms with Crippen LogP contribution in [0.1, 0.15) is 23.6 Å². The van der Waals surface area contributed by atoms with Crippen LogP contribution in [0.4, 0.5) is 5.69 Å². The lowest BCUT2D eigenvalue weighted by molar-refractivity contribution is -0.145. The van der Waals surface area contributed by atoms with Gasteiger partial charge in [-0.25, -0.2) is 4.79 Å². The molecule has 210 valence electrons. The number of carbonyl (C=O) groups excluding carboxylic acids is 4. The number of carbonyl (C=O) groups is 4. The Morgan fingerprint density at radius 3 is 2.49 bits per heavy atom. The van der Waals surface area contributed by atoms with Crippen molar-refractivity contribution in [1.82, 2.24) is 15.5 Å². The van der Waals surface area contributed by atoms with Gasteiger partial charge in [-0.2, -0.15) is 24.4 Å². The highest BCUT2D eigenvalue weighted by Crippen LogP contribution is 2.34. The van der Waals surface area contributed by atoms with Gasteiger partial charge in [0.2, 0.25) is 11.8 Å². The van der Waals surface area contributed by atoms with Gasteiger partial charge in [0.15, 0.2) is 6.17 Å². The van der Waals surface area contributed by atoms with Crippen LogP contribution in [0.5, 0.6) is 0 Å². The molecule has 1 aliphatic rings. The van der Waals surface area contributed by atoms with Crippen molar-refractivity contribution < 1.29 is 23.9 Å². The van der Waals surface area contributed by atoms with E-state index in [9.17, 15) is 19.2 Å². The lowest BCUT2D eigenvalue weighted by Crippen LogP contribution is -2.60. The van der Waals surface area contributed by atoms with E-state index in [1.807, 2.05) is 48.7 Å². The molecule has 0 bridgehead atoms. The number of esters is 1. The number of hydrogen-bond donors (Lipinski definition) is 4. The van der Waals surface area contributed by atoms with Crippen molar-refractivity contribution >= 4 is 53.8 Å². The Morgan fingerprint density at radius 1 is 1.18 bits per heavy atom. The third-order valence-electron chi connectivity index (χ3n) is 6.48. The van der Waals surface area contributed by atoms with Crippen molar-refractivity contribution in [2.24, 2.45) is 5.73 Å². The quantitative estimate of drug-likeness (QED) is 0.233. The highest BCUT2D eigenvalue weighted by Gasteiger charge is 2.40. The first-order valence-electron chi connectivity index (χ1n) is 12.4. The molecular weight excluding hydrogens is 538 g/mol. The predicted molar refractivity (Wildman–Crippen MR) is 156 cm³/mol. The smallest absolute Gasteiger partial charge is 0.328 e. The lowest BCUT2D eigenvalue weighted by Gasteiger charge is -2.33. The average molecular weight is 574 g/mol. The summed E-state index contributed by atoms with van der Waals surface area (Å²) in [7, 11) is 2.75. The molecule has 2 unspecified atom stereocenters. The highest BCUT2D eigenvalue weighted by atomic mass is 32.2. The van der Waals surface area contributed by atoms with E-state index < -0.39 is 48.0 Å². The van der Waals surface area contributed by atoms with Gasteiger partial charge in [0.1, 0.15) is 12.6 Å². The first-order chi connectivity index (χ1) is 18.7. The van der Waals surface area contributed by atoms with Crippen molar-refractivity contribution in [3.05, 3.63) is 65.7 Å². The fourth-order valence-corrected chi connectivity index (χ4v) is 5.03. The number of rotatable bonds is 11. The van der Waals surface area contributed by atoms with E-state index >= 15 is 0 Å². The summed E-state index contributed by atoms with van der Waals surface area (Å²) in [6.45, 7) is -0.372. The van der Waals surface area contributed by atoms with Gasteiger partial charge in [-0.3, -0.25) is 24.6 Å². The number of nitrogens with zero attached hydrogens (tertiary/aromatic N) is 2. The number of methoxy groups -OCH3 is 1. The van der Waals surface area contributed by atoms with Crippen molar-refractivity contribution in [3.8, 4) is 0 Å². The number of likely N-dealkylation sites (N-methyl/N-ethyl adjacent to an activating group) is 1. The first-order valence-corrected chi connectivity index (χ1v) is 14.5. The normalized spacial score (nSPS) is 18.4. The zero-order valence-corrected chi connectivity index (χ0v) is 23.9. The van der Waals surface area contributed by atoms with Gasteiger partial charge in [-0.05, 0) is 35.6 Å². The second-order valence-corrected chi connectivity index (χ2v) is 10.4. The van der Waals surface area contributed by atoms with Crippen LogP contribution in [0.3, 0.4) is 0 Å². The van der Waals surface area contributed by atoms with Crippen LogP contribution in [0, 0.1) is 0 Å². The Kier molecular flexibility index (Phi) is 11.2. The SMILES string of the molecule is COC(=O)C(CCSC)NC(=O)CN1C(=O)[C@H](N(C)C(=O)[C@H](N)CS)NC(c2ccccc2)c2ccccc21. The van der Waals surface area contributed by atoms with Crippen molar-refractivity contribution in [2.75, 3.05) is 43.4 Å². The molecule has 0 saturated heterocycles. The number of ether oxygens (including phenoxy) is 1. The molecule has 0 spiro atoms. The standard InChI is InChI=1S/C27H35N5O5S2/c1-31(25(34)19(28)16-38)24-26(35)32(15-22(33)29-20(13-14-39-3)27(36)37-2)21-12-8-7-11-18(21)23(30-24)17-9-5-4-6-10-17/h4-12,19-20,23-24,30,38H,13-16,28H2,1-3H3,(H,29,33)/t19-,20?,23?,24+/m1/s1. The minimum Gasteiger partial charge on any atom is -0.467 e. The Bertz CT molecular complexity index is 1170. The van der Waals surface area contributed by atoms with Crippen LogP contribution in [-0.4, -0.2) is 85.3 Å². The summed E-state index contributed by atoms with van der Waals surface area (Å²) in [5, 5.41) is 6.03. The molecule has 2 aromatic rings. The summed E-state index contributed by atoms with van der Waals surface area (Å²) in [4.78, 5) is 55.2. The number of amides is 3. The second-order valence-electron chi connectivity index (χ2n) is 9.06. The van der Waals surface area contributed by atoms with Gasteiger partial charge in [-0.1, -0.05) is 48.5 Å². The molecule has 2 aromatic carbocycles. The first kappa shape index (κ1) is 30.5. The molecule has 3 rings (SSSR count). The van der Waals surface area contributed by atoms with Crippen LogP contribution in [-0.2, 0) is 23.9 Å². The molecule has 0 saturated carbocycles. The van der Waals surface area contributed by atoms with Crippen molar-refractivity contribution in [2.45, 2.75) is 30.7 Å². The molecule has 12 heteroatoms. The summed E-state index contributed by atoms with van der Waals surface area (Å²) in [5.74, 6) is -1.35. The fourth-order valence-electron chi connectivity index (χ4n) is 4.40. The molecule has 1 heterocycles. The van der Waals surface area contributed by atoms with E-state index in [2.05, 4.69) is 23.3 Å². The minimum absolute atomic E-state index is 0.101. The molecule has 10 nitrogen and oxygen atoms in total. The maximum Gasteiger partial charge on any atom is 0.328 e. The molecule has 0 radical (unpaired) electrons. The number of hydrogen-bond acceptors (Lipinski definition) is 9. The van der Waals surface area contributed by atoms with Gasteiger partial charge < -0.3 is 20.7 Å². The maximum atomic E-state index is 14.1. The number of anilines is 1. The molecule has 0 aliphatic carbocycles. The van der Waals surface area contributed by atoms with Gasteiger partial charge in [0.05, 0.1) is 19.2 Å². The number of nitrogens with one attached hydrogen (secondary N) is 2. The molecular formula is C27H35N5O5S2. The van der Waals surface area contributed by atoms with E-state index in [0.29, 0.717) is 17.9 Å². The molecule has 39 heavy (non-hydrogen) atoms. The van der Waals surface area contributed by atoms with Crippen LogP contribution < -0.4 is 21.3 Å². The third kappa shape index (κ3) is 7.33. The van der Waals surface area contributed by atoms with Gasteiger partial charge >= 0.3 is 5.97 Å². The fraction of sp³-hybridized carbons (Fsp3) is 0.407. The number of fused-ring (bicyclic) bond motifs is 1. The van der Waals surface area contributed by atoms with E-state index in [-0.39, 0.29) is 12.3 Å². The van der Waals surface area contributed by atoms with Crippen molar-refractivity contribution in [1.29, 1.82) is 0 Å². The Balaban J connectivity index is 2.03. The zero-order valence-electron chi connectivity index (χ0n) is 22.2. The Morgan fingerprint density at radius 2 is 1.85 bits per heavy atom. The van der Waals surface area contributed by atoms with E-state index in [4.69, 9.17) is 10.5 Å². The molecule has 4 atom stereocenters. The maximum absolute atomic E-state index is 14.1. The van der Waals surface area contributed by atoms with Crippen LogP contribution in [0.15, 0.2) is 54.6 Å². The van der Waals surface area contributed by atoms with Crippen LogP contribution >= 0.6 is 24.4 Å². The predicted octanol–water partition coefficient (Wildman–Crippen LogP) is 1.16. The molecule has 0 fully saturated rings. The number of thiol groups is 1. The van der Waals surface area contributed by atoms with Crippen molar-refractivity contribution in [3.63, 3.8) is 0 Å². The van der Waals surface area contributed by atoms with E-state index in [1.165, 1.54) is 35.7 Å².